The van der Waals surface area contributed by atoms with Crippen LogP contribution in [0.5, 0.6) is 0 Å². The molecular weight excluding hydrogens is 426 g/mol. The van der Waals surface area contributed by atoms with Crippen LogP contribution in [0.2, 0.25) is 5.02 Å². The van der Waals surface area contributed by atoms with Gasteiger partial charge in [-0.05, 0) is 30.7 Å². The molecule has 146 valence electrons. The molecule has 2 N–H and O–H groups in total. The first-order valence-corrected chi connectivity index (χ1v) is 10.7. The Morgan fingerprint density at radius 2 is 2.07 bits per heavy atom. The fourth-order valence-electron chi connectivity index (χ4n) is 2.73. The van der Waals surface area contributed by atoms with Gasteiger partial charge in [0.1, 0.15) is 0 Å². The maximum Gasteiger partial charge on any atom is 0.321 e. The van der Waals surface area contributed by atoms with Crippen LogP contribution in [0.1, 0.15) is 11.1 Å². The summed E-state index contributed by atoms with van der Waals surface area (Å²) in [6.45, 7) is 2.46. The average molecular weight is 442 g/mol. The summed E-state index contributed by atoms with van der Waals surface area (Å²) in [5, 5.41) is 15.8. The molecule has 0 saturated heterocycles. The van der Waals surface area contributed by atoms with E-state index in [0.29, 0.717) is 16.7 Å². The lowest BCUT2D eigenvalue weighted by molar-refractivity contribution is 0.251. The number of pyridine rings is 1. The lowest BCUT2D eigenvalue weighted by atomic mass is 10.1. The van der Waals surface area contributed by atoms with Crippen molar-refractivity contribution >= 4 is 56.8 Å². The summed E-state index contributed by atoms with van der Waals surface area (Å²) in [7, 11) is 0. The molecule has 9 heteroatoms. The summed E-state index contributed by atoms with van der Waals surface area (Å²) in [5.74, 6) is 0. The molecule has 0 aliphatic rings. The zero-order valence-electron chi connectivity index (χ0n) is 15.3. The minimum Gasteiger partial charge on any atom is -0.334 e. The van der Waals surface area contributed by atoms with Gasteiger partial charge in [-0.3, -0.25) is 10.3 Å². The van der Waals surface area contributed by atoms with E-state index in [1.165, 1.54) is 23.1 Å². The quantitative estimate of drug-likeness (QED) is 0.398. The molecule has 0 saturated carbocycles. The Labute approximate surface area is 180 Å². The molecule has 0 aliphatic carbocycles. The number of carbonyl (C=O) groups is 1. The lowest BCUT2D eigenvalue weighted by Gasteiger charge is -2.05. The highest BCUT2D eigenvalue weighted by molar-refractivity contribution is 8.01. The number of hydrogen-bond donors (Lipinski definition) is 2. The molecule has 0 spiro atoms. The molecule has 0 fully saturated rings. The number of fused-ring (bicyclic) bond motifs is 1. The second-order valence-electron chi connectivity index (χ2n) is 6.24. The SMILES string of the molecule is Cc1cccc(CNC(=O)Nc2nnc(Sc3ccnc4cc(Cl)ccc34)s2)c1. The van der Waals surface area contributed by atoms with Gasteiger partial charge in [0.15, 0.2) is 4.34 Å². The van der Waals surface area contributed by atoms with Crippen molar-refractivity contribution in [2.24, 2.45) is 0 Å². The molecular formula is C20H16ClN5OS2. The van der Waals surface area contributed by atoms with Gasteiger partial charge in [0.25, 0.3) is 0 Å². The van der Waals surface area contributed by atoms with Crippen LogP contribution in [0.3, 0.4) is 0 Å². The summed E-state index contributed by atoms with van der Waals surface area (Å²) in [6.07, 6.45) is 1.74. The summed E-state index contributed by atoms with van der Waals surface area (Å²) in [5.41, 5.74) is 3.01. The number of halogens is 1. The second-order valence-corrected chi connectivity index (χ2v) is 8.95. The first-order valence-electron chi connectivity index (χ1n) is 8.73. The van der Waals surface area contributed by atoms with Gasteiger partial charge >= 0.3 is 6.03 Å². The van der Waals surface area contributed by atoms with E-state index in [1.54, 1.807) is 6.20 Å². The van der Waals surface area contributed by atoms with Gasteiger partial charge in [-0.2, -0.15) is 0 Å². The number of aryl methyl sites for hydroxylation is 1. The summed E-state index contributed by atoms with van der Waals surface area (Å²) < 4.78 is 0.724. The standard InChI is InChI=1S/C20H16ClN5OS2/c1-12-3-2-4-13(9-12)11-23-18(27)24-19-25-26-20(29-19)28-17-7-8-22-16-10-14(21)5-6-15(16)17/h2-10H,11H2,1H3,(H2,23,24,25,27). The highest BCUT2D eigenvalue weighted by Crippen LogP contribution is 2.36. The molecule has 0 bridgehead atoms. The third kappa shape index (κ3) is 5.03. The predicted molar refractivity (Wildman–Crippen MR) is 118 cm³/mol. The molecule has 6 nitrogen and oxygen atoms in total. The fourth-order valence-corrected chi connectivity index (χ4v) is 4.72. The van der Waals surface area contributed by atoms with Gasteiger partial charge < -0.3 is 5.32 Å². The van der Waals surface area contributed by atoms with E-state index >= 15 is 0 Å². The Hall–Kier alpha value is -2.68. The van der Waals surface area contributed by atoms with E-state index in [-0.39, 0.29) is 6.03 Å². The Kier molecular flexibility index (Phi) is 5.94. The number of nitrogens with one attached hydrogen (secondary N) is 2. The van der Waals surface area contributed by atoms with Gasteiger partial charge in [0.05, 0.1) is 5.52 Å². The van der Waals surface area contributed by atoms with Gasteiger partial charge in [-0.1, -0.05) is 70.6 Å². The van der Waals surface area contributed by atoms with Crippen LogP contribution in [-0.2, 0) is 6.54 Å². The van der Waals surface area contributed by atoms with Gasteiger partial charge in [-0.25, -0.2) is 4.79 Å². The zero-order valence-corrected chi connectivity index (χ0v) is 17.7. The number of benzene rings is 2. The van der Waals surface area contributed by atoms with Crippen LogP contribution in [-0.4, -0.2) is 21.2 Å². The minimum absolute atomic E-state index is 0.316. The molecule has 4 aromatic rings. The van der Waals surface area contributed by atoms with Crippen molar-refractivity contribution in [2.45, 2.75) is 22.7 Å². The van der Waals surface area contributed by atoms with Crippen LogP contribution in [0.15, 0.2) is 64.0 Å². The molecule has 0 unspecified atom stereocenters. The van der Waals surface area contributed by atoms with E-state index in [9.17, 15) is 4.79 Å². The lowest BCUT2D eigenvalue weighted by Crippen LogP contribution is -2.28. The van der Waals surface area contributed by atoms with E-state index in [1.807, 2.05) is 55.5 Å². The molecule has 29 heavy (non-hydrogen) atoms. The molecule has 4 rings (SSSR count). The van der Waals surface area contributed by atoms with E-state index in [2.05, 4.69) is 25.8 Å². The molecule has 0 aliphatic heterocycles. The maximum atomic E-state index is 12.1. The van der Waals surface area contributed by atoms with Crippen molar-refractivity contribution < 1.29 is 4.79 Å². The fraction of sp³-hybridized carbons (Fsp3) is 0.100. The normalized spacial score (nSPS) is 10.8. The van der Waals surface area contributed by atoms with Gasteiger partial charge in [-0.15, -0.1) is 10.2 Å². The van der Waals surface area contributed by atoms with Crippen molar-refractivity contribution in [3.63, 3.8) is 0 Å². The minimum atomic E-state index is -0.316. The van der Waals surface area contributed by atoms with Crippen LogP contribution >= 0.6 is 34.7 Å². The summed E-state index contributed by atoms with van der Waals surface area (Å²) in [6, 6.07) is 15.2. The Morgan fingerprint density at radius 1 is 1.17 bits per heavy atom. The number of rotatable bonds is 5. The number of aromatic nitrogens is 3. The van der Waals surface area contributed by atoms with Gasteiger partial charge in [0, 0.05) is 28.0 Å². The molecule has 2 amide bonds. The van der Waals surface area contributed by atoms with Crippen molar-refractivity contribution in [2.75, 3.05) is 5.32 Å². The first kappa shape index (κ1) is 19.6. The van der Waals surface area contributed by atoms with E-state index < -0.39 is 0 Å². The Balaban J connectivity index is 1.39. The molecule has 0 radical (unpaired) electrons. The number of urea groups is 1. The first-order chi connectivity index (χ1) is 14.1. The highest BCUT2D eigenvalue weighted by Gasteiger charge is 2.11. The summed E-state index contributed by atoms with van der Waals surface area (Å²) in [4.78, 5) is 17.5. The number of anilines is 1. The molecule has 2 heterocycles. The second kappa shape index (κ2) is 8.77. The van der Waals surface area contributed by atoms with Crippen molar-refractivity contribution in [3.05, 3.63) is 70.9 Å². The highest BCUT2D eigenvalue weighted by atomic mass is 35.5. The van der Waals surface area contributed by atoms with E-state index in [0.717, 1.165) is 31.3 Å². The number of nitrogens with zero attached hydrogens (tertiary/aromatic N) is 3. The smallest absolute Gasteiger partial charge is 0.321 e. The van der Waals surface area contributed by atoms with Crippen molar-refractivity contribution in [3.8, 4) is 0 Å². The van der Waals surface area contributed by atoms with Crippen LogP contribution in [0, 0.1) is 6.92 Å². The largest absolute Gasteiger partial charge is 0.334 e. The molecule has 2 aromatic carbocycles. The zero-order chi connectivity index (χ0) is 20.2. The predicted octanol–water partition coefficient (Wildman–Crippen LogP) is 5.52. The van der Waals surface area contributed by atoms with Crippen molar-refractivity contribution in [1.82, 2.24) is 20.5 Å². The van der Waals surface area contributed by atoms with Crippen LogP contribution < -0.4 is 10.6 Å². The average Bonchev–Trinajstić information content (AvgIpc) is 3.13. The van der Waals surface area contributed by atoms with Crippen LogP contribution in [0.25, 0.3) is 10.9 Å². The molecule has 0 atom stereocenters. The third-order valence-electron chi connectivity index (χ3n) is 4.02. The Bertz CT molecular complexity index is 1180. The maximum absolute atomic E-state index is 12.1. The number of carbonyl (C=O) groups excluding carboxylic acids is 1. The van der Waals surface area contributed by atoms with Crippen molar-refractivity contribution in [1.29, 1.82) is 0 Å². The van der Waals surface area contributed by atoms with E-state index in [4.69, 9.17) is 11.6 Å². The summed E-state index contributed by atoms with van der Waals surface area (Å²) >= 11 is 8.83. The van der Waals surface area contributed by atoms with Gasteiger partial charge in [0.2, 0.25) is 5.13 Å². The van der Waals surface area contributed by atoms with Crippen LogP contribution in [0.4, 0.5) is 9.93 Å². The monoisotopic (exact) mass is 441 g/mol. The number of hydrogen-bond acceptors (Lipinski definition) is 6. The third-order valence-corrected chi connectivity index (χ3v) is 6.23. The topological polar surface area (TPSA) is 79.8 Å². The molecule has 2 aromatic heterocycles. The number of amides is 2. The Morgan fingerprint density at radius 3 is 2.93 bits per heavy atom.